The molecule has 0 radical (unpaired) electrons. The number of hydrazone groups is 1. The molecule has 3 aromatic rings. The number of para-hydroxylation sites is 1. The third-order valence-electron chi connectivity index (χ3n) is 3.25. The average Bonchev–Trinajstić information content (AvgIpc) is 2.61. The molecule has 0 fully saturated rings. The highest BCUT2D eigenvalue weighted by molar-refractivity contribution is 5.98. The minimum Gasteiger partial charge on any atom is -0.369 e. The van der Waals surface area contributed by atoms with Gasteiger partial charge in [0.15, 0.2) is 0 Å². The van der Waals surface area contributed by atoms with E-state index >= 15 is 0 Å². The molecule has 0 unspecified atom stereocenters. The van der Waals surface area contributed by atoms with E-state index in [1.807, 2.05) is 42.5 Å². The Morgan fingerprint density at radius 3 is 2.78 bits per heavy atom. The van der Waals surface area contributed by atoms with Crippen LogP contribution in [0.3, 0.4) is 0 Å². The van der Waals surface area contributed by atoms with Crippen LogP contribution in [0.15, 0.2) is 71.1 Å². The van der Waals surface area contributed by atoms with Crippen LogP contribution in [-0.4, -0.2) is 22.1 Å². The summed E-state index contributed by atoms with van der Waals surface area (Å²) in [7, 11) is 0. The second kappa shape index (κ2) is 7.13. The molecule has 0 amide bonds. The zero-order valence-electron chi connectivity index (χ0n) is 12.4. The van der Waals surface area contributed by atoms with E-state index in [0.717, 1.165) is 22.0 Å². The van der Waals surface area contributed by atoms with E-state index in [1.54, 1.807) is 24.8 Å². The molecule has 2 aromatic heterocycles. The van der Waals surface area contributed by atoms with E-state index in [1.165, 1.54) is 0 Å². The van der Waals surface area contributed by atoms with Crippen molar-refractivity contribution in [2.75, 3.05) is 0 Å². The largest absolute Gasteiger partial charge is 0.369 e. The number of nitrogens with zero attached hydrogens (tertiary/aromatic N) is 4. The molecule has 114 valence electrons. The number of nitrogens with one attached hydrogen (secondary N) is 1. The number of fused-ring (bicyclic) bond motifs is 1. The number of rotatable bonds is 4. The van der Waals surface area contributed by atoms with Crippen LogP contribution in [0.4, 0.5) is 0 Å². The molecule has 0 aliphatic rings. The van der Waals surface area contributed by atoms with E-state index in [4.69, 9.17) is 5.73 Å². The standard InChI is InChI=1S/C17H16N6/c18-17(21-11-13-5-8-19-9-6-13)23-22-12-14-7-10-20-16-4-2-1-3-15(14)16/h1-10,12H,11H2,(H3,18,21,23)/b22-12+. The summed E-state index contributed by atoms with van der Waals surface area (Å²) in [4.78, 5) is 12.5. The second-order valence-electron chi connectivity index (χ2n) is 4.84. The monoisotopic (exact) mass is 304 g/mol. The van der Waals surface area contributed by atoms with E-state index in [-0.39, 0.29) is 5.96 Å². The summed E-state index contributed by atoms with van der Waals surface area (Å²) >= 11 is 0. The Bertz CT molecular complexity index is 837. The lowest BCUT2D eigenvalue weighted by Gasteiger charge is -2.02. The van der Waals surface area contributed by atoms with Crippen molar-refractivity contribution in [3.63, 3.8) is 0 Å². The van der Waals surface area contributed by atoms with Gasteiger partial charge in [-0.1, -0.05) is 18.2 Å². The fraction of sp³-hybridized carbons (Fsp3) is 0.0588. The first-order chi connectivity index (χ1) is 11.3. The van der Waals surface area contributed by atoms with Crippen molar-refractivity contribution in [3.8, 4) is 0 Å². The van der Waals surface area contributed by atoms with Crippen LogP contribution in [0.25, 0.3) is 10.9 Å². The fourth-order valence-electron chi connectivity index (χ4n) is 2.10. The Kier molecular flexibility index (Phi) is 4.54. The number of aromatic nitrogens is 2. The number of hydrogen-bond acceptors (Lipinski definition) is 4. The summed E-state index contributed by atoms with van der Waals surface area (Å²) in [5.74, 6) is 0.261. The lowest BCUT2D eigenvalue weighted by atomic mass is 10.1. The van der Waals surface area contributed by atoms with Crippen molar-refractivity contribution in [3.05, 3.63) is 72.2 Å². The van der Waals surface area contributed by atoms with Gasteiger partial charge in [-0.05, 0) is 29.8 Å². The molecule has 0 bridgehead atoms. The minimum atomic E-state index is 0.261. The highest BCUT2D eigenvalue weighted by atomic mass is 15.3. The summed E-state index contributed by atoms with van der Waals surface area (Å²) in [6.45, 7) is 0.481. The van der Waals surface area contributed by atoms with Crippen LogP contribution >= 0.6 is 0 Å². The summed E-state index contributed by atoms with van der Waals surface area (Å²) in [5.41, 5.74) is 11.4. The number of aliphatic imine (C=N–C) groups is 1. The molecule has 0 atom stereocenters. The van der Waals surface area contributed by atoms with Crippen LogP contribution in [0.5, 0.6) is 0 Å². The third kappa shape index (κ3) is 3.88. The predicted octanol–water partition coefficient (Wildman–Crippen LogP) is 2.07. The van der Waals surface area contributed by atoms with Crippen molar-refractivity contribution in [2.24, 2.45) is 15.8 Å². The zero-order valence-corrected chi connectivity index (χ0v) is 12.4. The molecule has 0 saturated heterocycles. The molecule has 1 aromatic carbocycles. The van der Waals surface area contributed by atoms with Gasteiger partial charge in [0.1, 0.15) is 0 Å². The Morgan fingerprint density at radius 2 is 1.91 bits per heavy atom. The Labute approximate surface area is 133 Å². The molecule has 0 saturated carbocycles. The fourth-order valence-corrected chi connectivity index (χ4v) is 2.10. The highest BCUT2D eigenvalue weighted by Gasteiger charge is 1.98. The van der Waals surface area contributed by atoms with Crippen molar-refractivity contribution >= 4 is 23.1 Å². The minimum absolute atomic E-state index is 0.261. The predicted molar refractivity (Wildman–Crippen MR) is 92.0 cm³/mol. The molecule has 3 rings (SSSR count). The smallest absolute Gasteiger partial charge is 0.209 e. The van der Waals surface area contributed by atoms with Crippen molar-refractivity contribution in [1.29, 1.82) is 0 Å². The van der Waals surface area contributed by atoms with Gasteiger partial charge in [-0.2, -0.15) is 5.10 Å². The van der Waals surface area contributed by atoms with Crippen LogP contribution in [-0.2, 0) is 6.54 Å². The zero-order chi connectivity index (χ0) is 15.9. The summed E-state index contributed by atoms with van der Waals surface area (Å²) in [5, 5.41) is 5.17. The van der Waals surface area contributed by atoms with Gasteiger partial charge in [0, 0.05) is 29.5 Å². The molecule has 0 aliphatic carbocycles. The quantitative estimate of drug-likeness (QED) is 0.439. The average molecular weight is 304 g/mol. The molecule has 6 heteroatoms. The summed E-state index contributed by atoms with van der Waals surface area (Å²) in [6, 6.07) is 13.6. The lowest BCUT2D eigenvalue weighted by Crippen LogP contribution is -2.27. The molecule has 3 N–H and O–H groups in total. The van der Waals surface area contributed by atoms with Crippen molar-refractivity contribution in [1.82, 2.24) is 15.4 Å². The summed E-state index contributed by atoms with van der Waals surface area (Å²) in [6.07, 6.45) is 6.91. The molecular formula is C17H16N6. The maximum Gasteiger partial charge on any atom is 0.209 e. The number of pyridine rings is 2. The van der Waals surface area contributed by atoms with Gasteiger partial charge in [0.2, 0.25) is 5.96 Å². The van der Waals surface area contributed by atoms with Gasteiger partial charge in [0.25, 0.3) is 0 Å². The van der Waals surface area contributed by atoms with E-state index in [0.29, 0.717) is 6.54 Å². The number of nitrogens with two attached hydrogens (primary N) is 1. The first-order valence-corrected chi connectivity index (χ1v) is 7.14. The van der Waals surface area contributed by atoms with Gasteiger partial charge in [0.05, 0.1) is 18.3 Å². The summed E-state index contributed by atoms with van der Waals surface area (Å²) < 4.78 is 0. The van der Waals surface area contributed by atoms with Crippen LogP contribution in [0.2, 0.25) is 0 Å². The van der Waals surface area contributed by atoms with E-state index in [9.17, 15) is 0 Å². The Morgan fingerprint density at radius 1 is 1.09 bits per heavy atom. The lowest BCUT2D eigenvalue weighted by molar-refractivity contribution is 0.961. The highest BCUT2D eigenvalue weighted by Crippen LogP contribution is 2.13. The second-order valence-corrected chi connectivity index (χ2v) is 4.84. The van der Waals surface area contributed by atoms with Gasteiger partial charge >= 0.3 is 0 Å². The molecule has 0 spiro atoms. The maximum absolute atomic E-state index is 5.80. The van der Waals surface area contributed by atoms with Crippen LogP contribution in [0, 0.1) is 0 Å². The van der Waals surface area contributed by atoms with Gasteiger partial charge in [-0.25, -0.2) is 10.4 Å². The maximum atomic E-state index is 5.80. The normalized spacial score (nSPS) is 11.9. The van der Waals surface area contributed by atoms with Crippen molar-refractivity contribution in [2.45, 2.75) is 6.54 Å². The molecule has 0 aliphatic heterocycles. The van der Waals surface area contributed by atoms with Gasteiger partial charge in [-0.3, -0.25) is 9.97 Å². The third-order valence-corrected chi connectivity index (χ3v) is 3.25. The van der Waals surface area contributed by atoms with E-state index in [2.05, 4.69) is 25.5 Å². The van der Waals surface area contributed by atoms with E-state index < -0.39 is 0 Å². The first kappa shape index (κ1) is 14.6. The Balaban J connectivity index is 1.66. The van der Waals surface area contributed by atoms with Crippen molar-refractivity contribution < 1.29 is 0 Å². The van der Waals surface area contributed by atoms with Gasteiger partial charge in [-0.15, -0.1) is 0 Å². The topological polar surface area (TPSA) is 88.5 Å². The first-order valence-electron chi connectivity index (χ1n) is 7.14. The molecule has 2 heterocycles. The Hall–Kier alpha value is -3.28. The SMILES string of the molecule is NC(=NCc1ccncc1)N/N=C/c1ccnc2ccccc12. The van der Waals surface area contributed by atoms with Gasteiger partial charge < -0.3 is 5.73 Å². The number of guanidine groups is 1. The van der Waals surface area contributed by atoms with Crippen LogP contribution in [0.1, 0.15) is 11.1 Å². The number of benzene rings is 1. The number of hydrogen-bond donors (Lipinski definition) is 2. The molecule has 6 nitrogen and oxygen atoms in total. The molecule has 23 heavy (non-hydrogen) atoms. The molecular weight excluding hydrogens is 288 g/mol. The van der Waals surface area contributed by atoms with Crippen LogP contribution < -0.4 is 11.2 Å².